The van der Waals surface area contributed by atoms with Gasteiger partial charge in [-0.1, -0.05) is 0 Å². The Bertz CT molecular complexity index is 339. The van der Waals surface area contributed by atoms with Gasteiger partial charge in [-0.15, -0.1) is 5.10 Å². The minimum atomic E-state index is 0.762. The van der Waals surface area contributed by atoms with Gasteiger partial charge in [0.2, 0.25) is 0 Å². The van der Waals surface area contributed by atoms with Crippen molar-refractivity contribution < 1.29 is 0 Å². The number of rotatable bonds is 1. The Morgan fingerprint density at radius 2 is 2.17 bits per heavy atom. The van der Waals surface area contributed by atoms with Gasteiger partial charge in [0, 0.05) is 12.4 Å². The Kier molecular flexibility index (Phi) is 1.59. The zero-order valence-electron chi connectivity index (χ0n) is 6.60. The maximum Gasteiger partial charge on any atom is 0.115 e. The molecule has 0 N–H and O–H groups in total. The third kappa shape index (κ3) is 1.18. The van der Waals surface area contributed by atoms with E-state index in [0.717, 1.165) is 17.1 Å². The van der Waals surface area contributed by atoms with Crippen molar-refractivity contribution in [1.82, 2.24) is 15.4 Å². The van der Waals surface area contributed by atoms with Crippen LogP contribution in [0.2, 0.25) is 0 Å². The Balaban J connectivity index is 2.34. The normalized spacial score (nSPS) is 15.1. The van der Waals surface area contributed by atoms with Crippen molar-refractivity contribution in [3.05, 3.63) is 36.1 Å². The standard InChI is InChI=1S/C8H7N4/c1-6-4-7(12-11-6)8-5-9-2-3-10-8/h2-5H,1H3. The van der Waals surface area contributed by atoms with Crippen LogP contribution in [0.15, 0.2) is 35.5 Å². The molecular weight excluding hydrogens is 152 g/mol. The third-order valence-corrected chi connectivity index (χ3v) is 1.49. The number of hydrogen-bond donors (Lipinski definition) is 0. The van der Waals surface area contributed by atoms with Gasteiger partial charge in [-0.3, -0.25) is 9.97 Å². The van der Waals surface area contributed by atoms with Crippen molar-refractivity contribution in [3.8, 4) is 0 Å². The Labute approximate surface area is 70.1 Å². The Morgan fingerprint density at radius 1 is 1.25 bits per heavy atom. The smallest absolute Gasteiger partial charge is 0.115 e. The first-order valence-corrected chi connectivity index (χ1v) is 3.59. The molecule has 0 aromatic carbocycles. The molecular formula is C8H7N4. The fourth-order valence-corrected chi connectivity index (χ4v) is 0.945. The molecule has 12 heavy (non-hydrogen) atoms. The van der Waals surface area contributed by atoms with Crippen LogP contribution < -0.4 is 5.43 Å². The minimum Gasteiger partial charge on any atom is -0.261 e. The highest BCUT2D eigenvalue weighted by molar-refractivity contribution is 6.08. The van der Waals surface area contributed by atoms with E-state index in [1.165, 1.54) is 0 Å². The Morgan fingerprint density at radius 3 is 2.75 bits per heavy atom. The summed E-state index contributed by atoms with van der Waals surface area (Å²) in [6, 6.07) is 0. The van der Waals surface area contributed by atoms with E-state index >= 15 is 0 Å². The zero-order valence-corrected chi connectivity index (χ0v) is 6.60. The van der Waals surface area contributed by atoms with Gasteiger partial charge in [0.15, 0.2) is 0 Å². The van der Waals surface area contributed by atoms with Crippen molar-refractivity contribution in [2.24, 2.45) is 5.10 Å². The second-order valence-corrected chi connectivity index (χ2v) is 2.46. The molecule has 0 saturated heterocycles. The molecule has 0 spiro atoms. The Hall–Kier alpha value is -1.71. The predicted molar refractivity (Wildman–Crippen MR) is 44.5 cm³/mol. The lowest BCUT2D eigenvalue weighted by Crippen LogP contribution is -1.98. The molecule has 0 amide bonds. The highest BCUT2D eigenvalue weighted by Crippen LogP contribution is 2.05. The molecule has 4 heteroatoms. The summed E-state index contributed by atoms with van der Waals surface area (Å²) in [4.78, 5) is 8.04. The number of nitrogens with zero attached hydrogens (tertiary/aromatic N) is 4. The van der Waals surface area contributed by atoms with E-state index in [2.05, 4.69) is 20.5 Å². The van der Waals surface area contributed by atoms with E-state index in [9.17, 15) is 0 Å². The van der Waals surface area contributed by atoms with Crippen molar-refractivity contribution in [2.75, 3.05) is 0 Å². The van der Waals surface area contributed by atoms with Crippen LogP contribution in [0.1, 0.15) is 12.6 Å². The zero-order chi connectivity index (χ0) is 8.39. The predicted octanol–water partition coefficient (Wildman–Crippen LogP) is 0.703. The maximum absolute atomic E-state index is 4.10. The monoisotopic (exact) mass is 159 g/mol. The van der Waals surface area contributed by atoms with Gasteiger partial charge in [0.1, 0.15) is 11.4 Å². The van der Waals surface area contributed by atoms with Crippen LogP contribution in [0.3, 0.4) is 0 Å². The summed E-state index contributed by atoms with van der Waals surface area (Å²) in [5, 5.41) is 3.93. The summed E-state index contributed by atoms with van der Waals surface area (Å²) >= 11 is 0. The molecule has 0 unspecified atom stereocenters. The summed E-state index contributed by atoms with van der Waals surface area (Å²) in [7, 11) is 0. The average Bonchev–Trinajstić information content (AvgIpc) is 2.54. The molecule has 0 saturated carbocycles. The number of hydrogen-bond acceptors (Lipinski definition) is 3. The van der Waals surface area contributed by atoms with Gasteiger partial charge in [0.25, 0.3) is 0 Å². The van der Waals surface area contributed by atoms with Crippen molar-refractivity contribution in [2.45, 2.75) is 6.92 Å². The van der Waals surface area contributed by atoms with Crippen LogP contribution in [-0.4, -0.2) is 15.7 Å². The number of allylic oxidation sites excluding steroid dienone is 2. The molecule has 2 rings (SSSR count). The van der Waals surface area contributed by atoms with E-state index in [0.29, 0.717) is 0 Å². The summed E-state index contributed by atoms with van der Waals surface area (Å²) in [6.07, 6.45) is 6.82. The van der Waals surface area contributed by atoms with Crippen LogP contribution in [0, 0.1) is 0 Å². The first-order valence-electron chi connectivity index (χ1n) is 3.59. The molecule has 59 valence electrons. The summed E-state index contributed by atoms with van der Waals surface area (Å²) in [5.74, 6) is 0. The molecule has 1 aliphatic rings. The van der Waals surface area contributed by atoms with Crippen molar-refractivity contribution in [3.63, 3.8) is 0 Å². The fraction of sp³-hybridized carbons (Fsp3) is 0.125. The lowest BCUT2D eigenvalue weighted by molar-refractivity contribution is 0.894. The van der Waals surface area contributed by atoms with Crippen molar-refractivity contribution >= 4 is 5.71 Å². The van der Waals surface area contributed by atoms with Crippen LogP contribution in [0.25, 0.3) is 0 Å². The first kappa shape index (κ1) is 6.97. The summed E-state index contributed by atoms with van der Waals surface area (Å²) in [6.45, 7) is 1.90. The van der Waals surface area contributed by atoms with Gasteiger partial charge in [-0.25, -0.2) is 0 Å². The lowest BCUT2D eigenvalue weighted by atomic mass is 10.2. The van der Waals surface area contributed by atoms with Gasteiger partial charge < -0.3 is 0 Å². The number of aromatic nitrogens is 2. The average molecular weight is 159 g/mol. The van der Waals surface area contributed by atoms with E-state index in [4.69, 9.17) is 0 Å². The van der Waals surface area contributed by atoms with E-state index < -0.39 is 0 Å². The van der Waals surface area contributed by atoms with Gasteiger partial charge in [-0.05, 0) is 13.0 Å². The molecule has 0 atom stereocenters. The van der Waals surface area contributed by atoms with Gasteiger partial charge in [0.05, 0.1) is 11.9 Å². The van der Waals surface area contributed by atoms with Crippen LogP contribution in [-0.2, 0) is 0 Å². The first-order chi connectivity index (χ1) is 5.86. The molecule has 2 heterocycles. The molecule has 4 nitrogen and oxygen atoms in total. The summed E-state index contributed by atoms with van der Waals surface area (Å²) < 4.78 is 0. The fourth-order valence-electron chi connectivity index (χ4n) is 0.945. The topological polar surface area (TPSA) is 52.2 Å². The third-order valence-electron chi connectivity index (χ3n) is 1.49. The molecule has 1 radical (unpaired) electrons. The van der Waals surface area contributed by atoms with Gasteiger partial charge >= 0.3 is 0 Å². The molecule has 0 aliphatic carbocycles. The quantitative estimate of drug-likeness (QED) is 0.605. The molecule has 0 fully saturated rings. The minimum absolute atomic E-state index is 0.762. The molecule has 1 aromatic rings. The van der Waals surface area contributed by atoms with Crippen LogP contribution >= 0.6 is 0 Å². The van der Waals surface area contributed by atoms with Crippen molar-refractivity contribution in [1.29, 1.82) is 0 Å². The highest BCUT2D eigenvalue weighted by Gasteiger charge is 2.08. The largest absolute Gasteiger partial charge is 0.261 e. The maximum atomic E-state index is 4.10. The SMILES string of the molecule is CC1=CC(c2cnccn2)=N[N]1. The second-order valence-electron chi connectivity index (χ2n) is 2.46. The summed E-state index contributed by atoms with van der Waals surface area (Å²) in [5.41, 5.74) is 6.31. The van der Waals surface area contributed by atoms with Crippen LogP contribution in [0.4, 0.5) is 0 Å². The molecule has 1 aliphatic heterocycles. The van der Waals surface area contributed by atoms with E-state index in [1.807, 2.05) is 13.0 Å². The molecule has 1 aromatic heterocycles. The molecule has 0 bridgehead atoms. The van der Waals surface area contributed by atoms with Gasteiger partial charge in [-0.2, -0.15) is 5.43 Å². The van der Waals surface area contributed by atoms with E-state index in [-0.39, 0.29) is 0 Å². The lowest BCUT2D eigenvalue weighted by Gasteiger charge is -1.91. The van der Waals surface area contributed by atoms with E-state index in [1.54, 1.807) is 18.6 Å². The van der Waals surface area contributed by atoms with Crippen LogP contribution in [0.5, 0.6) is 0 Å². The second kappa shape index (κ2) is 2.73. The highest BCUT2D eigenvalue weighted by atomic mass is 15.3.